The Morgan fingerprint density at radius 2 is 2.10 bits per heavy atom. The van der Waals surface area contributed by atoms with E-state index < -0.39 is 19.7 Å². The minimum atomic E-state index is -1.86. The van der Waals surface area contributed by atoms with E-state index in [4.69, 9.17) is 18.6 Å². The van der Waals surface area contributed by atoms with E-state index in [1.165, 1.54) is 0 Å². The maximum absolute atomic E-state index is 11.5. The Balaban J connectivity index is 2.38. The quantitative estimate of drug-likeness (QED) is 0.577. The fraction of sp³-hybridized carbons (Fsp3) is 0.800. The molecule has 2 heterocycles. The van der Waals surface area contributed by atoms with E-state index >= 15 is 0 Å². The Morgan fingerprint density at radius 3 is 2.48 bits per heavy atom. The summed E-state index contributed by atoms with van der Waals surface area (Å²) in [6, 6.07) is 0. The molecule has 21 heavy (non-hydrogen) atoms. The van der Waals surface area contributed by atoms with Gasteiger partial charge in [0.05, 0.1) is 6.61 Å². The largest absolute Gasteiger partial charge is 0.458 e. The van der Waals surface area contributed by atoms with Crippen LogP contribution in [0.25, 0.3) is 0 Å². The van der Waals surface area contributed by atoms with Crippen molar-refractivity contribution in [2.75, 3.05) is 13.2 Å². The number of cyclic esters (lactones) is 1. The molecule has 2 atom stereocenters. The Morgan fingerprint density at radius 1 is 1.43 bits per heavy atom. The Bertz CT molecular complexity index is 451. The van der Waals surface area contributed by atoms with Crippen LogP contribution in [0.3, 0.4) is 0 Å². The number of ether oxygens (including phenoxy) is 3. The summed E-state index contributed by atoms with van der Waals surface area (Å²) in [5, 5.41) is 0. The predicted molar refractivity (Wildman–Crippen MR) is 81.4 cm³/mol. The van der Waals surface area contributed by atoms with Crippen molar-refractivity contribution >= 4 is 14.3 Å². The van der Waals surface area contributed by atoms with E-state index in [1.54, 1.807) is 6.08 Å². The summed E-state index contributed by atoms with van der Waals surface area (Å²) in [7, 11) is -1.86. The van der Waals surface area contributed by atoms with Crippen molar-refractivity contribution in [3.63, 3.8) is 0 Å². The normalized spacial score (nSPS) is 28.2. The predicted octanol–water partition coefficient (Wildman–Crippen LogP) is 2.62. The van der Waals surface area contributed by atoms with E-state index in [0.717, 1.165) is 5.57 Å². The van der Waals surface area contributed by atoms with Crippen LogP contribution in [0.4, 0.5) is 0 Å². The van der Waals surface area contributed by atoms with E-state index in [9.17, 15) is 4.79 Å². The third kappa shape index (κ3) is 3.56. The van der Waals surface area contributed by atoms with Crippen molar-refractivity contribution in [1.82, 2.24) is 0 Å². The third-order valence-corrected chi connectivity index (χ3v) is 4.72. The van der Waals surface area contributed by atoms with E-state index in [1.807, 2.05) is 13.8 Å². The zero-order valence-corrected chi connectivity index (χ0v) is 14.8. The molecule has 0 unspecified atom stereocenters. The maximum atomic E-state index is 11.5. The standard InChI is InChI=1S/C15H26O5Si/c1-7-15(20-21(4,5)6,11-8-13(16)17-9-11)12-10-18-14(2,3)19-12/h8,12H,7,9-10H2,1-6H3/t12-,15-/m1/s1. The van der Waals surface area contributed by atoms with Crippen LogP contribution < -0.4 is 0 Å². The van der Waals surface area contributed by atoms with Gasteiger partial charge in [-0.15, -0.1) is 0 Å². The van der Waals surface area contributed by atoms with Crippen molar-refractivity contribution in [2.24, 2.45) is 0 Å². The molecule has 0 bridgehead atoms. The molecule has 2 rings (SSSR count). The van der Waals surface area contributed by atoms with Crippen molar-refractivity contribution < 1.29 is 23.4 Å². The van der Waals surface area contributed by atoms with Gasteiger partial charge in [0.2, 0.25) is 0 Å². The second-order valence-corrected chi connectivity index (χ2v) is 11.5. The molecular formula is C15H26O5Si. The second kappa shape index (κ2) is 5.50. The lowest BCUT2D eigenvalue weighted by atomic mass is 9.86. The fourth-order valence-corrected chi connectivity index (χ4v) is 4.45. The number of hydrogen-bond acceptors (Lipinski definition) is 5. The lowest BCUT2D eigenvalue weighted by Gasteiger charge is -2.42. The molecule has 2 aliphatic heterocycles. The highest BCUT2D eigenvalue weighted by Gasteiger charge is 2.52. The maximum Gasteiger partial charge on any atom is 0.331 e. The van der Waals surface area contributed by atoms with Crippen LogP contribution in [0.2, 0.25) is 19.6 Å². The molecule has 120 valence electrons. The van der Waals surface area contributed by atoms with Crippen molar-refractivity contribution in [3.05, 3.63) is 11.6 Å². The first kappa shape index (κ1) is 16.7. The van der Waals surface area contributed by atoms with Gasteiger partial charge in [-0.3, -0.25) is 0 Å². The molecule has 0 saturated carbocycles. The molecule has 0 aliphatic carbocycles. The van der Waals surface area contributed by atoms with E-state index in [0.29, 0.717) is 13.0 Å². The summed E-state index contributed by atoms with van der Waals surface area (Å²) in [4.78, 5) is 11.5. The van der Waals surface area contributed by atoms with Gasteiger partial charge in [0, 0.05) is 11.6 Å². The van der Waals surface area contributed by atoms with E-state index in [-0.39, 0.29) is 18.7 Å². The molecule has 1 saturated heterocycles. The molecule has 2 aliphatic rings. The lowest BCUT2D eigenvalue weighted by molar-refractivity contribution is -0.161. The Hall–Kier alpha value is -0.693. The molecular weight excluding hydrogens is 288 g/mol. The van der Waals surface area contributed by atoms with Gasteiger partial charge in [0.1, 0.15) is 18.3 Å². The van der Waals surface area contributed by atoms with Gasteiger partial charge < -0.3 is 18.6 Å². The smallest absolute Gasteiger partial charge is 0.331 e. The Labute approximate surface area is 127 Å². The summed E-state index contributed by atoms with van der Waals surface area (Å²) in [5.41, 5.74) is 0.216. The molecule has 0 aromatic heterocycles. The summed E-state index contributed by atoms with van der Waals surface area (Å²) in [6.45, 7) is 13.0. The molecule has 5 nitrogen and oxygen atoms in total. The van der Waals surface area contributed by atoms with E-state index in [2.05, 4.69) is 26.6 Å². The molecule has 0 amide bonds. The summed E-state index contributed by atoms with van der Waals surface area (Å²) >= 11 is 0. The minimum absolute atomic E-state index is 0.232. The Kier molecular flexibility index (Phi) is 4.37. The number of carbonyl (C=O) groups excluding carboxylic acids is 1. The van der Waals surface area contributed by atoms with Gasteiger partial charge in [0.15, 0.2) is 14.1 Å². The fourth-order valence-electron chi connectivity index (χ4n) is 2.95. The van der Waals surface area contributed by atoms with Crippen molar-refractivity contribution in [3.8, 4) is 0 Å². The number of hydrogen-bond donors (Lipinski definition) is 0. The highest BCUT2D eigenvalue weighted by molar-refractivity contribution is 6.69. The monoisotopic (exact) mass is 314 g/mol. The van der Waals surface area contributed by atoms with Crippen LogP contribution in [0, 0.1) is 0 Å². The molecule has 0 N–H and O–H groups in total. The minimum Gasteiger partial charge on any atom is -0.458 e. The van der Waals surface area contributed by atoms with Crippen LogP contribution in [0.5, 0.6) is 0 Å². The van der Waals surface area contributed by atoms with Crippen LogP contribution >= 0.6 is 0 Å². The van der Waals surface area contributed by atoms with Crippen molar-refractivity contribution in [2.45, 2.75) is 64.3 Å². The van der Waals surface area contributed by atoms with Crippen LogP contribution in [-0.2, 0) is 23.4 Å². The zero-order valence-electron chi connectivity index (χ0n) is 13.8. The third-order valence-electron chi connectivity index (χ3n) is 3.75. The highest BCUT2D eigenvalue weighted by Crippen LogP contribution is 2.41. The van der Waals surface area contributed by atoms with Crippen molar-refractivity contribution in [1.29, 1.82) is 0 Å². The molecule has 0 aromatic carbocycles. The zero-order chi connectivity index (χ0) is 15.9. The number of carbonyl (C=O) groups is 1. The summed E-state index contributed by atoms with van der Waals surface area (Å²) < 4.78 is 23.4. The molecule has 0 radical (unpaired) electrons. The van der Waals surface area contributed by atoms with Gasteiger partial charge >= 0.3 is 5.97 Å². The first-order chi connectivity index (χ1) is 9.58. The lowest BCUT2D eigenvalue weighted by Crippen LogP contribution is -2.53. The SMILES string of the molecule is CC[C@@](O[Si](C)(C)C)(C1=CC(=O)OC1)[C@H]1COC(C)(C)O1. The van der Waals surface area contributed by atoms with Gasteiger partial charge in [-0.05, 0) is 39.9 Å². The molecule has 0 aromatic rings. The first-order valence-corrected chi connectivity index (χ1v) is 10.9. The number of rotatable bonds is 5. The van der Waals surface area contributed by atoms with Gasteiger partial charge in [-0.1, -0.05) is 6.92 Å². The topological polar surface area (TPSA) is 54.0 Å². The van der Waals surface area contributed by atoms with Crippen LogP contribution in [0.1, 0.15) is 27.2 Å². The molecule has 1 fully saturated rings. The highest BCUT2D eigenvalue weighted by atomic mass is 28.4. The van der Waals surface area contributed by atoms with Gasteiger partial charge in [0.25, 0.3) is 0 Å². The second-order valence-electron chi connectivity index (χ2n) is 7.05. The molecule has 6 heteroatoms. The van der Waals surface area contributed by atoms with Gasteiger partial charge in [-0.25, -0.2) is 4.79 Å². The number of esters is 1. The van der Waals surface area contributed by atoms with Crippen LogP contribution in [0.15, 0.2) is 11.6 Å². The van der Waals surface area contributed by atoms with Gasteiger partial charge in [-0.2, -0.15) is 0 Å². The first-order valence-electron chi connectivity index (χ1n) is 7.48. The average molecular weight is 314 g/mol. The summed E-state index contributed by atoms with van der Waals surface area (Å²) in [6.07, 6.45) is 2.03. The molecule has 0 spiro atoms. The van der Waals surface area contributed by atoms with Crippen LogP contribution in [-0.4, -0.2) is 45.0 Å². The average Bonchev–Trinajstić information content (AvgIpc) is 2.91. The summed E-state index contributed by atoms with van der Waals surface area (Å²) in [5.74, 6) is -0.932.